The highest BCUT2D eigenvalue weighted by molar-refractivity contribution is 5.76. The lowest BCUT2D eigenvalue weighted by molar-refractivity contribution is 0.886. The Kier molecular flexibility index (Phi) is 2.75. The second kappa shape index (κ2) is 4.43. The summed E-state index contributed by atoms with van der Waals surface area (Å²) in [6.07, 6.45) is 0.886. The van der Waals surface area contributed by atoms with Crippen molar-refractivity contribution in [2.75, 3.05) is 5.73 Å². The normalized spacial score (nSPS) is 11.1. The summed E-state index contributed by atoms with van der Waals surface area (Å²) >= 11 is 0. The monoisotopic (exact) mass is 251 g/mol. The number of imidazole rings is 1. The van der Waals surface area contributed by atoms with Gasteiger partial charge in [0.25, 0.3) is 0 Å². The third-order valence-corrected chi connectivity index (χ3v) is 3.53. The molecule has 2 N–H and O–H groups in total. The molecular weight excluding hydrogens is 234 g/mol. The molecule has 0 fully saturated rings. The van der Waals surface area contributed by atoms with Crippen LogP contribution >= 0.6 is 0 Å². The minimum Gasteiger partial charge on any atom is -0.399 e. The number of benzene rings is 2. The average Bonchev–Trinajstić information content (AvgIpc) is 2.65. The predicted octanol–water partition coefficient (Wildman–Crippen LogP) is 3.05. The first kappa shape index (κ1) is 11.8. The van der Waals surface area contributed by atoms with Crippen LogP contribution in [0.1, 0.15) is 17.0 Å². The summed E-state index contributed by atoms with van der Waals surface area (Å²) in [6.45, 7) is 2.03. The number of hydrogen-bond acceptors (Lipinski definition) is 2. The molecule has 0 amide bonds. The van der Waals surface area contributed by atoms with Crippen molar-refractivity contribution in [3.63, 3.8) is 0 Å². The molecule has 0 aliphatic carbocycles. The number of hydrogen-bond donors (Lipinski definition) is 1. The SMILES string of the molecule is Cc1nc2cc(Cc3cccc(N)c3)ccc2n1C. The third-order valence-electron chi connectivity index (χ3n) is 3.53. The van der Waals surface area contributed by atoms with E-state index in [2.05, 4.69) is 33.8 Å². The van der Waals surface area contributed by atoms with E-state index >= 15 is 0 Å². The highest BCUT2D eigenvalue weighted by atomic mass is 15.0. The summed E-state index contributed by atoms with van der Waals surface area (Å²) in [5.74, 6) is 1.04. The molecule has 0 aliphatic heterocycles. The Bertz CT molecular complexity index is 741. The lowest BCUT2D eigenvalue weighted by Crippen LogP contribution is -1.92. The maximum atomic E-state index is 5.81. The van der Waals surface area contributed by atoms with Crippen LogP contribution in [0, 0.1) is 6.92 Å². The van der Waals surface area contributed by atoms with E-state index in [9.17, 15) is 0 Å². The molecule has 2 aromatic carbocycles. The van der Waals surface area contributed by atoms with Crippen LogP contribution < -0.4 is 5.73 Å². The standard InChI is InChI=1S/C16H17N3/c1-11-18-15-10-13(6-7-16(15)19(11)2)8-12-4-3-5-14(17)9-12/h3-7,9-10H,8,17H2,1-2H3. The Labute approximate surface area is 112 Å². The van der Waals surface area contributed by atoms with Crippen LogP contribution in [0.4, 0.5) is 5.69 Å². The van der Waals surface area contributed by atoms with E-state index < -0.39 is 0 Å². The number of aromatic nitrogens is 2. The Balaban J connectivity index is 1.97. The van der Waals surface area contributed by atoms with Gasteiger partial charge in [0.05, 0.1) is 11.0 Å². The Hall–Kier alpha value is -2.29. The fraction of sp³-hybridized carbons (Fsp3) is 0.188. The Morgan fingerprint density at radius 1 is 1.11 bits per heavy atom. The fourth-order valence-electron chi connectivity index (χ4n) is 2.41. The van der Waals surface area contributed by atoms with Crippen molar-refractivity contribution in [2.45, 2.75) is 13.3 Å². The van der Waals surface area contributed by atoms with Crippen LogP contribution in [-0.2, 0) is 13.5 Å². The van der Waals surface area contributed by atoms with E-state index in [0.29, 0.717) is 0 Å². The van der Waals surface area contributed by atoms with Crippen LogP contribution in [-0.4, -0.2) is 9.55 Å². The van der Waals surface area contributed by atoms with Crippen molar-refractivity contribution in [3.05, 3.63) is 59.4 Å². The number of anilines is 1. The number of aryl methyl sites for hydroxylation is 2. The maximum Gasteiger partial charge on any atom is 0.106 e. The van der Waals surface area contributed by atoms with Crippen molar-refractivity contribution in [1.29, 1.82) is 0 Å². The van der Waals surface area contributed by atoms with Crippen molar-refractivity contribution in [3.8, 4) is 0 Å². The van der Waals surface area contributed by atoms with E-state index in [0.717, 1.165) is 23.4 Å². The number of fused-ring (bicyclic) bond motifs is 1. The molecule has 3 heteroatoms. The zero-order valence-electron chi connectivity index (χ0n) is 11.2. The first-order valence-electron chi connectivity index (χ1n) is 6.40. The van der Waals surface area contributed by atoms with Crippen LogP contribution in [0.3, 0.4) is 0 Å². The molecule has 3 nitrogen and oxygen atoms in total. The smallest absolute Gasteiger partial charge is 0.106 e. The summed E-state index contributed by atoms with van der Waals surface area (Å²) in [7, 11) is 2.04. The summed E-state index contributed by atoms with van der Waals surface area (Å²) in [6, 6.07) is 14.5. The molecular formula is C16H17N3. The van der Waals surface area contributed by atoms with E-state index in [1.54, 1.807) is 0 Å². The number of nitrogen functional groups attached to an aromatic ring is 1. The molecule has 0 aliphatic rings. The van der Waals surface area contributed by atoms with Gasteiger partial charge in [-0.1, -0.05) is 18.2 Å². The molecule has 19 heavy (non-hydrogen) atoms. The van der Waals surface area contributed by atoms with Gasteiger partial charge in [0.2, 0.25) is 0 Å². The third kappa shape index (κ3) is 2.19. The molecule has 0 saturated carbocycles. The van der Waals surface area contributed by atoms with E-state index in [4.69, 9.17) is 5.73 Å². The van der Waals surface area contributed by atoms with Gasteiger partial charge in [-0.05, 0) is 48.7 Å². The molecule has 1 aromatic heterocycles. The molecule has 1 heterocycles. The molecule has 0 radical (unpaired) electrons. The first-order chi connectivity index (χ1) is 9.13. The van der Waals surface area contributed by atoms with Gasteiger partial charge in [-0.15, -0.1) is 0 Å². The number of nitrogens with zero attached hydrogens (tertiary/aromatic N) is 2. The predicted molar refractivity (Wildman–Crippen MR) is 79.1 cm³/mol. The van der Waals surface area contributed by atoms with Gasteiger partial charge < -0.3 is 10.3 Å². The van der Waals surface area contributed by atoms with Crippen molar-refractivity contribution >= 4 is 16.7 Å². The first-order valence-corrected chi connectivity index (χ1v) is 6.40. The second-order valence-corrected chi connectivity index (χ2v) is 4.96. The van der Waals surface area contributed by atoms with Crippen molar-refractivity contribution < 1.29 is 0 Å². The lowest BCUT2D eigenvalue weighted by atomic mass is 10.0. The Morgan fingerprint density at radius 2 is 1.89 bits per heavy atom. The van der Waals surface area contributed by atoms with Gasteiger partial charge in [-0.25, -0.2) is 4.98 Å². The minimum absolute atomic E-state index is 0.812. The highest BCUT2D eigenvalue weighted by Gasteiger charge is 2.05. The zero-order chi connectivity index (χ0) is 13.4. The van der Waals surface area contributed by atoms with Gasteiger partial charge in [-0.2, -0.15) is 0 Å². The fourth-order valence-corrected chi connectivity index (χ4v) is 2.41. The van der Waals surface area contributed by atoms with Crippen molar-refractivity contribution in [2.24, 2.45) is 7.05 Å². The molecule has 0 bridgehead atoms. The largest absolute Gasteiger partial charge is 0.399 e. The van der Waals surface area contributed by atoms with E-state index in [1.165, 1.54) is 16.6 Å². The number of rotatable bonds is 2. The van der Waals surface area contributed by atoms with Gasteiger partial charge in [0.15, 0.2) is 0 Å². The van der Waals surface area contributed by atoms with Crippen LogP contribution in [0.15, 0.2) is 42.5 Å². The highest BCUT2D eigenvalue weighted by Crippen LogP contribution is 2.19. The maximum absolute atomic E-state index is 5.81. The topological polar surface area (TPSA) is 43.8 Å². The summed E-state index contributed by atoms with van der Waals surface area (Å²) in [5, 5.41) is 0. The molecule has 0 atom stereocenters. The van der Waals surface area contributed by atoms with Gasteiger partial charge in [0.1, 0.15) is 5.82 Å². The molecule has 0 saturated heterocycles. The van der Waals surface area contributed by atoms with E-state index in [-0.39, 0.29) is 0 Å². The second-order valence-electron chi connectivity index (χ2n) is 4.96. The van der Waals surface area contributed by atoms with Crippen LogP contribution in [0.5, 0.6) is 0 Å². The molecule has 96 valence electrons. The molecule has 0 spiro atoms. The zero-order valence-corrected chi connectivity index (χ0v) is 11.2. The Morgan fingerprint density at radius 3 is 2.68 bits per heavy atom. The molecule has 0 unspecified atom stereocenters. The van der Waals surface area contributed by atoms with Gasteiger partial charge in [-0.3, -0.25) is 0 Å². The van der Waals surface area contributed by atoms with E-state index in [1.807, 2.05) is 32.2 Å². The lowest BCUT2D eigenvalue weighted by Gasteiger charge is -2.03. The number of nitrogens with two attached hydrogens (primary N) is 1. The summed E-state index contributed by atoms with van der Waals surface area (Å²) in [4.78, 5) is 4.57. The van der Waals surface area contributed by atoms with Crippen molar-refractivity contribution in [1.82, 2.24) is 9.55 Å². The molecule has 3 rings (SSSR count). The quantitative estimate of drug-likeness (QED) is 0.711. The average molecular weight is 251 g/mol. The van der Waals surface area contributed by atoms with Crippen LogP contribution in [0.2, 0.25) is 0 Å². The minimum atomic E-state index is 0.812. The summed E-state index contributed by atoms with van der Waals surface area (Å²) in [5.41, 5.74) is 11.3. The molecule has 3 aromatic rings. The van der Waals surface area contributed by atoms with Gasteiger partial charge in [0, 0.05) is 12.7 Å². The van der Waals surface area contributed by atoms with Gasteiger partial charge >= 0.3 is 0 Å². The van der Waals surface area contributed by atoms with Crippen LogP contribution in [0.25, 0.3) is 11.0 Å². The summed E-state index contributed by atoms with van der Waals surface area (Å²) < 4.78 is 2.11.